The quantitative estimate of drug-likeness (QED) is 0.200. The summed E-state index contributed by atoms with van der Waals surface area (Å²) in [4.78, 5) is 30.0. The highest BCUT2D eigenvalue weighted by Gasteiger charge is 2.35. The molecule has 3 aromatic rings. The summed E-state index contributed by atoms with van der Waals surface area (Å²) in [6.45, 7) is 3.01. The number of carbonyl (C=O) groups excluding carboxylic acids is 2. The van der Waals surface area contributed by atoms with Crippen LogP contribution in [-0.4, -0.2) is 56.6 Å². The normalized spacial score (nSPS) is 14.2. The van der Waals surface area contributed by atoms with E-state index in [1.165, 1.54) is 28.8 Å². The predicted molar refractivity (Wildman–Crippen MR) is 177 cm³/mol. The number of benzene rings is 3. The van der Waals surface area contributed by atoms with Crippen LogP contribution in [0, 0.1) is 0 Å². The third-order valence-corrected chi connectivity index (χ3v) is 10.8. The summed E-state index contributed by atoms with van der Waals surface area (Å²) in [7, 11) is -4.26. The van der Waals surface area contributed by atoms with Gasteiger partial charge in [0, 0.05) is 33.1 Å². The van der Waals surface area contributed by atoms with Crippen molar-refractivity contribution in [2.24, 2.45) is 0 Å². The molecule has 8 nitrogen and oxygen atoms in total. The Balaban J connectivity index is 1.76. The lowest BCUT2D eigenvalue weighted by Crippen LogP contribution is -2.52. The van der Waals surface area contributed by atoms with Gasteiger partial charge in [0.25, 0.3) is 10.0 Å². The van der Waals surface area contributed by atoms with Crippen molar-refractivity contribution in [2.75, 3.05) is 23.7 Å². The average Bonchev–Trinajstić information content (AvgIpc) is 3.53. The summed E-state index contributed by atoms with van der Waals surface area (Å²) in [6, 6.07) is 17.2. The third kappa shape index (κ3) is 8.02. The standard InChI is InChI=1S/C32H37Cl2N3O5S2/c1-4-42-30-15-8-7-14-29(30)37(44(40,41)25-18-16-24(43-3)17-19-25)21-31(38)36(20-26-27(33)12-9-13-28(26)34)22(2)32(39)35-23-10-5-6-11-23/h7-9,12-19,22-23H,4-6,10-11,20-21H2,1-3H3,(H,35,39). The van der Waals surface area contributed by atoms with Crippen LogP contribution in [-0.2, 0) is 26.2 Å². The molecular formula is C32H37Cl2N3O5S2. The Labute approximate surface area is 274 Å². The van der Waals surface area contributed by atoms with Crippen LogP contribution in [0.5, 0.6) is 5.75 Å². The van der Waals surface area contributed by atoms with Crippen LogP contribution in [0.3, 0.4) is 0 Å². The Kier molecular flexibility index (Phi) is 11.9. The number of thioether (sulfide) groups is 1. The first-order chi connectivity index (χ1) is 21.1. The summed E-state index contributed by atoms with van der Waals surface area (Å²) in [5.41, 5.74) is 0.664. The van der Waals surface area contributed by atoms with Crippen molar-refractivity contribution in [1.29, 1.82) is 0 Å². The van der Waals surface area contributed by atoms with Gasteiger partial charge in [-0.3, -0.25) is 13.9 Å². The van der Waals surface area contributed by atoms with Crippen LogP contribution >= 0.6 is 35.0 Å². The molecule has 1 aliphatic rings. The molecule has 0 aromatic heterocycles. The molecule has 2 amide bonds. The maximum atomic E-state index is 14.3. The Morgan fingerprint density at radius 1 is 1.00 bits per heavy atom. The number of nitrogens with zero attached hydrogens (tertiary/aromatic N) is 2. The fourth-order valence-corrected chi connectivity index (χ4v) is 7.51. The number of ether oxygens (including phenoxy) is 1. The minimum atomic E-state index is -4.26. The lowest BCUT2D eigenvalue weighted by atomic mass is 10.1. The molecule has 1 fully saturated rings. The second-order valence-electron chi connectivity index (χ2n) is 10.5. The highest BCUT2D eigenvalue weighted by molar-refractivity contribution is 7.98. The molecule has 44 heavy (non-hydrogen) atoms. The number of rotatable bonds is 13. The second-order valence-corrected chi connectivity index (χ2v) is 14.0. The molecule has 1 saturated carbocycles. The van der Waals surface area contributed by atoms with Gasteiger partial charge >= 0.3 is 0 Å². The van der Waals surface area contributed by atoms with E-state index in [2.05, 4.69) is 5.32 Å². The van der Waals surface area contributed by atoms with Crippen molar-refractivity contribution >= 4 is 62.5 Å². The molecule has 0 saturated heterocycles. The number of anilines is 1. The van der Waals surface area contributed by atoms with Gasteiger partial charge in [-0.2, -0.15) is 0 Å². The maximum absolute atomic E-state index is 14.3. The van der Waals surface area contributed by atoms with Gasteiger partial charge in [0.1, 0.15) is 18.3 Å². The number of sulfonamides is 1. The number of carbonyl (C=O) groups is 2. The predicted octanol–water partition coefficient (Wildman–Crippen LogP) is 6.79. The Morgan fingerprint density at radius 3 is 2.25 bits per heavy atom. The van der Waals surface area contributed by atoms with Crippen LogP contribution in [0.1, 0.15) is 45.1 Å². The summed E-state index contributed by atoms with van der Waals surface area (Å²) < 4.78 is 35.3. The van der Waals surface area contributed by atoms with Gasteiger partial charge < -0.3 is 15.0 Å². The lowest BCUT2D eigenvalue weighted by Gasteiger charge is -2.33. The molecule has 1 atom stereocenters. The van der Waals surface area contributed by atoms with Crippen molar-refractivity contribution < 1.29 is 22.7 Å². The number of para-hydroxylation sites is 2. The summed E-state index contributed by atoms with van der Waals surface area (Å²) >= 11 is 14.5. The van der Waals surface area contributed by atoms with E-state index in [0.717, 1.165) is 34.9 Å². The summed E-state index contributed by atoms with van der Waals surface area (Å²) in [5.74, 6) is -0.629. The van der Waals surface area contributed by atoms with Crippen molar-refractivity contribution in [1.82, 2.24) is 10.2 Å². The second kappa shape index (κ2) is 15.4. The number of hydrogen-bond acceptors (Lipinski definition) is 6. The number of nitrogens with one attached hydrogen (secondary N) is 1. The minimum Gasteiger partial charge on any atom is -0.492 e. The summed E-state index contributed by atoms with van der Waals surface area (Å²) in [6.07, 6.45) is 5.70. The molecule has 12 heteroatoms. The molecular weight excluding hydrogens is 641 g/mol. The van der Waals surface area contributed by atoms with Crippen LogP contribution in [0.4, 0.5) is 5.69 Å². The van der Waals surface area contributed by atoms with Crippen LogP contribution in [0.15, 0.2) is 76.5 Å². The van der Waals surface area contributed by atoms with Gasteiger partial charge in [0.05, 0.1) is 17.2 Å². The first-order valence-corrected chi connectivity index (χ1v) is 17.9. The van der Waals surface area contributed by atoms with Crippen molar-refractivity contribution in [2.45, 2.75) is 68.0 Å². The van der Waals surface area contributed by atoms with Gasteiger partial charge in [-0.25, -0.2) is 8.42 Å². The molecule has 1 N–H and O–H groups in total. The van der Waals surface area contributed by atoms with E-state index in [1.54, 1.807) is 68.4 Å². The zero-order chi connectivity index (χ0) is 31.9. The Bertz CT molecular complexity index is 1540. The number of amides is 2. The molecule has 236 valence electrons. The topological polar surface area (TPSA) is 96.0 Å². The average molecular weight is 679 g/mol. The highest BCUT2D eigenvalue weighted by Crippen LogP contribution is 2.34. The fourth-order valence-electron chi connectivity index (χ4n) is 5.16. The number of halogens is 2. The largest absolute Gasteiger partial charge is 0.492 e. The zero-order valence-corrected chi connectivity index (χ0v) is 28.1. The van der Waals surface area contributed by atoms with Gasteiger partial charge in [0.15, 0.2) is 0 Å². The van der Waals surface area contributed by atoms with Crippen LogP contribution in [0.25, 0.3) is 0 Å². The van der Waals surface area contributed by atoms with Crippen molar-refractivity contribution in [3.05, 3.63) is 82.3 Å². The molecule has 0 aliphatic heterocycles. The van der Waals surface area contributed by atoms with Gasteiger partial charge in [0.2, 0.25) is 11.8 Å². The molecule has 0 bridgehead atoms. The maximum Gasteiger partial charge on any atom is 0.264 e. The van der Waals surface area contributed by atoms with Gasteiger partial charge in [-0.15, -0.1) is 11.8 Å². The molecule has 0 radical (unpaired) electrons. The highest BCUT2D eigenvalue weighted by atomic mass is 35.5. The van der Waals surface area contributed by atoms with E-state index < -0.39 is 28.5 Å². The first-order valence-electron chi connectivity index (χ1n) is 14.5. The van der Waals surface area contributed by atoms with E-state index in [0.29, 0.717) is 21.4 Å². The van der Waals surface area contributed by atoms with E-state index >= 15 is 0 Å². The third-order valence-electron chi connectivity index (χ3n) is 7.62. The van der Waals surface area contributed by atoms with E-state index in [4.69, 9.17) is 27.9 Å². The zero-order valence-electron chi connectivity index (χ0n) is 25.0. The monoisotopic (exact) mass is 677 g/mol. The van der Waals surface area contributed by atoms with Crippen LogP contribution < -0.4 is 14.4 Å². The first kappa shape index (κ1) is 34.0. The van der Waals surface area contributed by atoms with Crippen molar-refractivity contribution in [3.8, 4) is 5.75 Å². The Hall–Kier alpha value is -2.92. The molecule has 3 aromatic carbocycles. The molecule has 1 unspecified atom stereocenters. The van der Waals surface area contributed by atoms with Gasteiger partial charge in [-0.1, -0.05) is 54.2 Å². The van der Waals surface area contributed by atoms with E-state index in [-0.39, 0.29) is 35.7 Å². The fraction of sp³-hybridized carbons (Fsp3) is 0.375. The summed E-state index contributed by atoms with van der Waals surface area (Å²) in [5, 5.41) is 3.72. The van der Waals surface area contributed by atoms with Gasteiger partial charge in [-0.05, 0) is 81.5 Å². The van der Waals surface area contributed by atoms with E-state index in [9.17, 15) is 18.0 Å². The van der Waals surface area contributed by atoms with Crippen LogP contribution in [0.2, 0.25) is 10.0 Å². The lowest BCUT2D eigenvalue weighted by molar-refractivity contribution is -0.139. The smallest absolute Gasteiger partial charge is 0.264 e. The SMILES string of the molecule is CCOc1ccccc1N(CC(=O)N(Cc1c(Cl)cccc1Cl)C(C)C(=O)NC1CCCC1)S(=O)(=O)c1ccc(SC)cc1. The Morgan fingerprint density at radius 2 is 1.64 bits per heavy atom. The molecule has 1 aliphatic carbocycles. The number of hydrogen-bond donors (Lipinski definition) is 1. The molecule has 0 heterocycles. The molecule has 0 spiro atoms. The van der Waals surface area contributed by atoms with Crippen molar-refractivity contribution in [3.63, 3.8) is 0 Å². The minimum absolute atomic E-state index is 0.0159. The molecule has 4 rings (SSSR count). The van der Waals surface area contributed by atoms with E-state index in [1.807, 2.05) is 6.26 Å².